The van der Waals surface area contributed by atoms with Gasteiger partial charge in [-0.2, -0.15) is 0 Å². The van der Waals surface area contributed by atoms with Gasteiger partial charge in [-0.1, -0.05) is 140 Å². The van der Waals surface area contributed by atoms with Gasteiger partial charge in [-0.25, -0.2) is 15.0 Å². The molecular weight excluding hydrogens is 733 g/mol. The molecule has 4 heterocycles. The van der Waals surface area contributed by atoms with Crippen LogP contribution in [0.4, 0.5) is 0 Å². The van der Waals surface area contributed by atoms with Crippen molar-refractivity contribution in [3.63, 3.8) is 0 Å². The van der Waals surface area contributed by atoms with E-state index in [9.17, 15) is 0 Å². The fourth-order valence-electron chi connectivity index (χ4n) is 8.50. The molecule has 0 spiro atoms. The van der Waals surface area contributed by atoms with Crippen LogP contribution < -0.4 is 0 Å². The van der Waals surface area contributed by atoms with Crippen molar-refractivity contribution < 1.29 is 0 Å². The van der Waals surface area contributed by atoms with E-state index in [1.54, 1.807) is 0 Å². The Morgan fingerprint density at radius 1 is 0.351 bits per heavy atom. The van der Waals surface area contributed by atoms with E-state index in [1.165, 1.54) is 79.0 Å². The molecule has 0 fully saturated rings. The highest BCUT2D eigenvalue weighted by atomic mass is 32.1. The van der Waals surface area contributed by atoms with E-state index < -0.39 is 0 Å². The third-order valence-corrected chi connectivity index (χ3v) is 13.5. The molecule has 6 heteroatoms. The number of aromatic nitrogens is 4. The maximum absolute atomic E-state index is 5.11. The van der Waals surface area contributed by atoms with Crippen LogP contribution in [0.15, 0.2) is 182 Å². The largest absolute Gasteiger partial charge is 0.309 e. The maximum Gasteiger partial charge on any atom is 0.165 e. The van der Waals surface area contributed by atoms with Crippen LogP contribution in [-0.2, 0) is 0 Å². The summed E-state index contributed by atoms with van der Waals surface area (Å²) in [5, 5.41) is 7.53. The van der Waals surface area contributed by atoms with E-state index in [-0.39, 0.29) is 0 Å². The Kier molecular flexibility index (Phi) is 7.24. The molecule has 0 unspecified atom stereocenters. The van der Waals surface area contributed by atoms with E-state index in [1.807, 2.05) is 59.1 Å². The molecular formula is C51H30N4S2. The third kappa shape index (κ3) is 5.08. The zero-order valence-corrected chi connectivity index (χ0v) is 32.1. The number of nitrogens with zero attached hydrogens (tertiary/aromatic N) is 4. The molecule has 0 aliphatic rings. The van der Waals surface area contributed by atoms with Crippen molar-refractivity contribution >= 4 is 84.8 Å². The van der Waals surface area contributed by atoms with Crippen molar-refractivity contribution in [3.05, 3.63) is 182 Å². The van der Waals surface area contributed by atoms with Gasteiger partial charge in [-0.15, -0.1) is 22.7 Å². The minimum Gasteiger partial charge on any atom is -0.309 e. The molecule has 8 aromatic carbocycles. The van der Waals surface area contributed by atoms with Crippen LogP contribution in [-0.4, -0.2) is 19.5 Å². The molecule has 12 aromatic rings. The van der Waals surface area contributed by atoms with Crippen molar-refractivity contribution in [1.82, 2.24) is 19.5 Å². The lowest BCUT2D eigenvalue weighted by atomic mass is 10.00. The van der Waals surface area contributed by atoms with Crippen LogP contribution in [0.2, 0.25) is 0 Å². The van der Waals surface area contributed by atoms with Gasteiger partial charge in [0.05, 0.1) is 16.7 Å². The minimum absolute atomic E-state index is 0.662. The zero-order valence-electron chi connectivity index (χ0n) is 30.4. The molecule has 0 saturated heterocycles. The van der Waals surface area contributed by atoms with E-state index >= 15 is 0 Å². The molecule has 0 amide bonds. The first kappa shape index (κ1) is 32.3. The first-order valence-corrected chi connectivity index (χ1v) is 20.7. The number of thiophene rings is 2. The van der Waals surface area contributed by atoms with Crippen LogP contribution >= 0.6 is 22.7 Å². The van der Waals surface area contributed by atoms with Gasteiger partial charge in [0.15, 0.2) is 17.5 Å². The Hall–Kier alpha value is -6.99. The quantitative estimate of drug-likeness (QED) is 0.175. The Morgan fingerprint density at radius 3 is 1.56 bits per heavy atom. The number of para-hydroxylation sites is 2. The summed E-state index contributed by atoms with van der Waals surface area (Å²) < 4.78 is 7.44. The van der Waals surface area contributed by atoms with Gasteiger partial charge in [0.25, 0.3) is 0 Å². The summed E-state index contributed by atoms with van der Waals surface area (Å²) >= 11 is 3.69. The van der Waals surface area contributed by atoms with Crippen molar-refractivity contribution in [1.29, 1.82) is 0 Å². The molecule has 0 aliphatic carbocycles. The van der Waals surface area contributed by atoms with Crippen LogP contribution in [0.1, 0.15) is 0 Å². The number of benzene rings is 8. The van der Waals surface area contributed by atoms with Crippen molar-refractivity contribution in [3.8, 4) is 51.0 Å². The highest BCUT2D eigenvalue weighted by molar-refractivity contribution is 7.27. The zero-order chi connectivity index (χ0) is 37.5. The lowest BCUT2D eigenvalue weighted by Crippen LogP contribution is -2.00. The third-order valence-electron chi connectivity index (χ3n) is 11.1. The highest BCUT2D eigenvalue weighted by Crippen LogP contribution is 2.46. The van der Waals surface area contributed by atoms with Crippen LogP contribution in [0.25, 0.3) is 113 Å². The van der Waals surface area contributed by atoms with Gasteiger partial charge in [0.1, 0.15) is 0 Å². The van der Waals surface area contributed by atoms with E-state index in [0.717, 1.165) is 16.7 Å². The smallest absolute Gasteiger partial charge is 0.165 e. The van der Waals surface area contributed by atoms with Crippen molar-refractivity contribution in [2.24, 2.45) is 0 Å². The lowest BCUT2D eigenvalue weighted by Gasteiger charge is -2.11. The summed E-state index contributed by atoms with van der Waals surface area (Å²) in [6.45, 7) is 0. The fraction of sp³-hybridized carbons (Fsp3) is 0. The summed E-state index contributed by atoms with van der Waals surface area (Å²) in [6.07, 6.45) is 0. The molecule has 0 atom stereocenters. The van der Waals surface area contributed by atoms with E-state index in [4.69, 9.17) is 15.0 Å². The summed E-state index contributed by atoms with van der Waals surface area (Å²) in [4.78, 5) is 15.2. The average Bonchev–Trinajstić information content (AvgIpc) is 3.96. The molecule has 0 bridgehead atoms. The van der Waals surface area contributed by atoms with Crippen LogP contribution in [0.5, 0.6) is 0 Å². The molecule has 12 rings (SSSR count). The molecule has 266 valence electrons. The SMILES string of the molecule is c1ccc(-c2nc(-c3ccccc3)nc(-c3cccc4c3sc3c(-c5ccc6sc7cccc(-n8c9ccccc9c9ccccc98)c7c6c5)cccc34)n2)cc1. The predicted molar refractivity (Wildman–Crippen MR) is 242 cm³/mol. The normalized spacial score (nSPS) is 11.9. The Bertz CT molecular complexity index is 3410. The predicted octanol–water partition coefficient (Wildman–Crippen LogP) is 14.4. The van der Waals surface area contributed by atoms with Gasteiger partial charge < -0.3 is 4.57 Å². The first-order valence-electron chi connectivity index (χ1n) is 19.0. The topological polar surface area (TPSA) is 43.6 Å². The molecule has 57 heavy (non-hydrogen) atoms. The summed E-state index contributed by atoms with van der Waals surface area (Å²) in [6, 6.07) is 64.8. The Labute approximate surface area is 335 Å². The monoisotopic (exact) mass is 762 g/mol. The van der Waals surface area contributed by atoms with E-state index in [0.29, 0.717) is 17.5 Å². The number of hydrogen-bond acceptors (Lipinski definition) is 5. The number of fused-ring (bicyclic) bond motifs is 9. The van der Waals surface area contributed by atoms with Crippen LogP contribution in [0.3, 0.4) is 0 Å². The summed E-state index contributed by atoms with van der Waals surface area (Å²) in [5.74, 6) is 2.00. The van der Waals surface area contributed by atoms with Gasteiger partial charge in [0.2, 0.25) is 0 Å². The minimum atomic E-state index is 0.662. The van der Waals surface area contributed by atoms with Crippen molar-refractivity contribution in [2.75, 3.05) is 0 Å². The first-order chi connectivity index (χ1) is 28.3. The van der Waals surface area contributed by atoms with Gasteiger partial charge >= 0.3 is 0 Å². The van der Waals surface area contributed by atoms with Gasteiger partial charge in [-0.05, 0) is 53.6 Å². The van der Waals surface area contributed by atoms with Gasteiger partial charge in [-0.3, -0.25) is 0 Å². The fourth-order valence-corrected chi connectivity index (χ4v) is 10.9. The number of hydrogen-bond donors (Lipinski definition) is 0. The standard InChI is InChI=1S/C51H30N4S2/c1-3-14-31(15-4-1)49-52-50(32-16-5-2-6-17-32)54-51(53-49)39-23-12-22-38-37-21-11-20-34(47(37)57-48(38)39)33-28-29-44-40(30-33)46-43(26-13-27-45(46)56-44)55-41-24-9-7-18-35(41)36-19-8-10-25-42(36)55/h1-30H. The average molecular weight is 763 g/mol. The van der Waals surface area contributed by atoms with Crippen LogP contribution in [0, 0.1) is 0 Å². The molecule has 0 N–H and O–H groups in total. The molecule has 4 aromatic heterocycles. The second-order valence-corrected chi connectivity index (χ2v) is 16.4. The molecule has 0 aliphatic heterocycles. The summed E-state index contributed by atoms with van der Waals surface area (Å²) in [7, 11) is 0. The number of rotatable bonds is 5. The van der Waals surface area contributed by atoms with Gasteiger partial charge in [0, 0.05) is 67.8 Å². The highest BCUT2D eigenvalue weighted by Gasteiger charge is 2.20. The Balaban J connectivity index is 1.06. The lowest BCUT2D eigenvalue weighted by molar-refractivity contribution is 1.08. The Morgan fingerprint density at radius 2 is 0.895 bits per heavy atom. The molecule has 0 radical (unpaired) electrons. The maximum atomic E-state index is 5.11. The van der Waals surface area contributed by atoms with Crippen molar-refractivity contribution in [2.45, 2.75) is 0 Å². The molecule has 0 saturated carbocycles. The molecule has 4 nitrogen and oxygen atoms in total. The summed E-state index contributed by atoms with van der Waals surface area (Å²) in [5.41, 5.74) is 9.00. The second-order valence-electron chi connectivity index (χ2n) is 14.3. The van der Waals surface area contributed by atoms with E-state index in [2.05, 4.69) is 150 Å². The second kappa shape index (κ2) is 12.8.